The van der Waals surface area contributed by atoms with Gasteiger partial charge in [0.2, 0.25) is 0 Å². The van der Waals surface area contributed by atoms with Crippen LogP contribution in [0.25, 0.3) is 0 Å². The molecular formula is C23H31N5O2. The van der Waals surface area contributed by atoms with Crippen molar-refractivity contribution >= 4 is 17.6 Å². The molecule has 0 aromatic heterocycles. The van der Waals surface area contributed by atoms with Gasteiger partial charge in [0.05, 0.1) is 19.3 Å². The van der Waals surface area contributed by atoms with Gasteiger partial charge in [0.1, 0.15) is 5.75 Å². The molecule has 1 unspecified atom stereocenters. The SMILES string of the molecule is CCNC(=NCc1ccc(C(=O)NC)cc1)NC1CCN(c2ccccc2OC)C1. The van der Waals surface area contributed by atoms with Gasteiger partial charge in [-0.15, -0.1) is 0 Å². The summed E-state index contributed by atoms with van der Waals surface area (Å²) in [6.07, 6.45) is 1.03. The van der Waals surface area contributed by atoms with Crippen molar-refractivity contribution in [3.05, 3.63) is 59.7 Å². The zero-order valence-corrected chi connectivity index (χ0v) is 17.9. The minimum atomic E-state index is -0.0825. The lowest BCUT2D eigenvalue weighted by atomic mass is 10.1. The van der Waals surface area contributed by atoms with E-state index >= 15 is 0 Å². The average molecular weight is 410 g/mol. The van der Waals surface area contributed by atoms with Gasteiger partial charge in [-0.25, -0.2) is 4.99 Å². The first-order valence-electron chi connectivity index (χ1n) is 10.4. The number of anilines is 1. The van der Waals surface area contributed by atoms with Gasteiger partial charge in [0.15, 0.2) is 5.96 Å². The summed E-state index contributed by atoms with van der Waals surface area (Å²) in [5.41, 5.74) is 2.84. The van der Waals surface area contributed by atoms with E-state index in [1.807, 2.05) is 42.5 Å². The zero-order valence-electron chi connectivity index (χ0n) is 17.9. The molecule has 1 heterocycles. The number of para-hydroxylation sites is 2. The van der Waals surface area contributed by atoms with Gasteiger partial charge in [-0.2, -0.15) is 0 Å². The van der Waals surface area contributed by atoms with Crippen LogP contribution in [0.15, 0.2) is 53.5 Å². The molecule has 2 aromatic rings. The van der Waals surface area contributed by atoms with Crippen LogP contribution >= 0.6 is 0 Å². The molecular weight excluding hydrogens is 378 g/mol. The predicted octanol–water partition coefficient (Wildman–Crippen LogP) is 2.39. The first kappa shape index (κ1) is 21.5. The number of guanidine groups is 1. The molecule has 0 saturated carbocycles. The highest BCUT2D eigenvalue weighted by molar-refractivity contribution is 5.93. The van der Waals surface area contributed by atoms with E-state index in [1.165, 1.54) is 0 Å². The summed E-state index contributed by atoms with van der Waals surface area (Å²) in [7, 11) is 3.34. The third-order valence-corrected chi connectivity index (χ3v) is 5.16. The molecule has 1 saturated heterocycles. The Balaban J connectivity index is 1.61. The van der Waals surface area contributed by atoms with Crippen LogP contribution in [0.3, 0.4) is 0 Å². The fraction of sp³-hybridized carbons (Fsp3) is 0.391. The van der Waals surface area contributed by atoms with Crippen LogP contribution in [0.5, 0.6) is 5.75 Å². The number of carbonyl (C=O) groups excluding carboxylic acids is 1. The van der Waals surface area contributed by atoms with E-state index in [4.69, 9.17) is 9.73 Å². The Morgan fingerprint density at radius 3 is 2.67 bits per heavy atom. The number of aliphatic imine (C=N–C) groups is 1. The van der Waals surface area contributed by atoms with Crippen molar-refractivity contribution in [3.63, 3.8) is 0 Å². The number of methoxy groups -OCH3 is 1. The monoisotopic (exact) mass is 409 g/mol. The fourth-order valence-electron chi connectivity index (χ4n) is 3.58. The van der Waals surface area contributed by atoms with E-state index in [2.05, 4.69) is 33.8 Å². The molecule has 3 rings (SSSR count). The van der Waals surface area contributed by atoms with Gasteiger partial charge in [-0.05, 0) is 43.2 Å². The van der Waals surface area contributed by atoms with E-state index in [-0.39, 0.29) is 5.91 Å². The highest BCUT2D eigenvalue weighted by atomic mass is 16.5. The van der Waals surface area contributed by atoms with Crippen LogP contribution in [0.4, 0.5) is 5.69 Å². The van der Waals surface area contributed by atoms with Gasteiger partial charge in [-0.3, -0.25) is 4.79 Å². The summed E-state index contributed by atoms with van der Waals surface area (Å²) in [4.78, 5) is 18.7. The van der Waals surface area contributed by atoms with Crippen molar-refractivity contribution in [2.45, 2.75) is 25.9 Å². The molecule has 1 atom stereocenters. The molecule has 3 N–H and O–H groups in total. The second kappa shape index (κ2) is 10.5. The number of hydrogen-bond acceptors (Lipinski definition) is 4. The van der Waals surface area contributed by atoms with Crippen molar-refractivity contribution in [1.82, 2.24) is 16.0 Å². The number of hydrogen-bond donors (Lipinski definition) is 3. The van der Waals surface area contributed by atoms with Crippen LogP contribution in [0.2, 0.25) is 0 Å². The van der Waals surface area contributed by atoms with Crippen LogP contribution in [0.1, 0.15) is 29.3 Å². The number of nitrogens with one attached hydrogen (secondary N) is 3. The predicted molar refractivity (Wildman–Crippen MR) is 121 cm³/mol. The van der Waals surface area contributed by atoms with Crippen molar-refractivity contribution in [3.8, 4) is 5.75 Å². The maximum atomic E-state index is 11.7. The van der Waals surface area contributed by atoms with E-state index in [1.54, 1.807) is 14.2 Å². The highest BCUT2D eigenvalue weighted by Crippen LogP contribution is 2.30. The molecule has 0 aliphatic carbocycles. The first-order chi connectivity index (χ1) is 14.6. The Morgan fingerprint density at radius 1 is 1.20 bits per heavy atom. The summed E-state index contributed by atoms with van der Waals surface area (Å²) in [5.74, 6) is 1.62. The Bertz CT molecular complexity index is 866. The standard InChI is InChI=1S/C23H31N5O2/c1-4-25-23(26-15-17-9-11-18(12-10-17)22(29)24-2)27-19-13-14-28(16-19)20-7-5-6-8-21(20)30-3/h5-12,19H,4,13-16H2,1-3H3,(H,24,29)(H2,25,26,27). The van der Waals surface area contributed by atoms with Crippen LogP contribution in [-0.4, -0.2) is 51.7 Å². The minimum absolute atomic E-state index is 0.0825. The largest absolute Gasteiger partial charge is 0.495 e. The van der Waals surface area contributed by atoms with Crippen molar-refractivity contribution < 1.29 is 9.53 Å². The molecule has 1 amide bonds. The number of rotatable bonds is 7. The second-order valence-electron chi connectivity index (χ2n) is 7.22. The Kier molecular flexibility index (Phi) is 7.54. The van der Waals surface area contributed by atoms with Gasteiger partial charge in [0.25, 0.3) is 5.91 Å². The molecule has 7 heteroatoms. The molecule has 0 bridgehead atoms. The van der Waals surface area contributed by atoms with Crippen molar-refractivity contribution in [1.29, 1.82) is 0 Å². The smallest absolute Gasteiger partial charge is 0.251 e. The molecule has 2 aromatic carbocycles. The van der Waals surface area contributed by atoms with E-state index in [0.717, 1.165) is 49.0 Å². The summed E-state index contributed by atoms with van der Waals surface area (Å²) >= 11 is 0. The molecule has 0 spiro atoms. The Morgan fingerprint density at radius 2 is 1.97 bits per heavy atom. The molecule has 160 valence electrons. The normalized spacial score (nSPS) is 16.3. The van der Waals surface area contributed by atoms with Crippen LogP contribution in [-0.2, 0) is 6.54 Å². The van der Waals surface area contributed by atoms with Crippen LogP contribution < -0.4 is 25.6 Å². The average Bonchev–Trinajstić information content (AvgIpc) is 3.25. The lowest BCUT2D eigenvalue weighted by molar-refractivity contribution is 0.0963. The summed E-state index contributed by atoms with van der Waals surface area (Å²) in [6.45, 7) is 5.27. The van der Waals surface area contributed by atoms with Gasteiger partial charge in [0, 0.05) is 38.3 Å². The topological polar surface area (TPSA) is 78.0 Å². The highest BCUT2D eigenvalue weighted by Gasteiger charge is 2.25. The molecule has 1 fully saturated rings. The Labute approximate surface area is 178 Å². The fourth-order valence-corrected chi connectivity index (χ4v) is 3.58. The minimum Gasteiger partial charge on any atom is -0.495 e. The molecule has 30 heavy (non-hydrogen) atoms. The second-order valence-corrected chi connectivity index (χ2v) is 7.22. The quantitative estimate of drug-likeness (QED) is 0.484. The molecule has 1 aliphatic rings. The summed E-state index contributed by atoms with van der Waals surface area (Å²) in [5, 5.41) is 9.51. The molecule has 0 radical (unpaired) electrons. The zero-order chi connectivity index (χ0) is 21.3. The van der Waals surface area contributed by atoms with Crippen LogP contribution in [0, 0.1) is 0 Å². The van der Waals surface area contributed by atoms with Gasteiger partial charge < -0.3 is 25.6 Å². The Hall–Kier alpha value is -3.22. The molecule has 1 aliphatic heterocycles. The van der Waals surface area contributed by atoms with E-state index < -0.39 is 0 Å². The van der Waals surface area contributed by atoms with Crippen molar-refractivity contribution in [2.24, 2.45) is 4.99 Å². The van der Waals surface area contributed by atoms with Gasteiger partial charge >= 0.3 is 0 Å². The van der Waals surface area contributed by atoms with Gasteiger partial charge in [-0.1, -0.05) is 24.3 Å². The van der Waals surface area contributed by atoms with E-state index in [9.17, 15) is 4.79 Å². The van der Waals surface area contributed by atoms with E-state index in [0.29, 0.717) is 18.2 Å². The summed E-state index contributed by atoms with van der Waals surface area (Å²) in [6, 6.07) is 16.0. The molecule has 7 nitrogen and oxygen atoms in total. The first-order valence-corrected chi connectivity index (χ1v) is 10.4. The number of benzene rings is 2. The third-order valence-electron chi connectivity index (χ3n) is 5.16. The number of carbonyl (C=O) groups is 1. The lowest BCUT2D eigenvalue weighted by Gasteiger charge is -2.22. The maximum absolute atomic E-state index is 11.7. The maximum Gasteiger partial charge on any atom is 0.251 e. The summed E-state index contributed by atoms with van der Waals surface area (Å²) < 4.78 is 5.51. The number of amides is 1. The lowest BCUT2D eigenvalue weighted by Crippen LogP contribution is -2.44. The number of ether oxygens (including phenoxy) is 1. The third kappa shape index (κ3) is 5.43. The number of nitrogens with zero attached hydrogens (tertiary/aromatic N) is 2. The van der Waals surface area contributed by atoms with Crippen molar-refractivity contribution in [2.75, 3.05) is 38.7 Å².